The molecule has 0 saturated carbocycles. The average Bonchev–Trinajstić information content (AvgIpc) is 3.92. The number of benzene rings is 2. The predicted molar refractivity (Wildman–Crippen MR) is 213 cm³/mol. The average molecular weight is 797 g/mol. The number of likely N-dealkylation sites (tertiary alicyclic amines) is 1. The monoisotopic (exact) mass is 796 g/mol. The molecule has 8 rings (SSSR count). The van der Waals surface area contributed by atoms with Crippen molar-refractivity contribution in [1.29, 1.82) is 0 Å². The molecular weight excluding hydrogens is 741 g/mol. The minimum atomic E-state index is -3.92. The van der Waals surface area contributed by atoms with Crippen LogP contribution in [0.1, 0.15) is 89.5 Å². The van der Waals surface area contributed by atoms with Crippen LogP contribution in [0.15, 0.2) is 12.1 Å². The van der Waals surface area contributed by atoms with E-state index in [0.717, 1.165) is 111 Å². The zero-order valence-corrected chi connectivity index (χ0v) is 34.2. The largest absolute Gasteiger partial charge is 0.376 e. The fourth-order valence-corrected chi connectivity index (χ4v) is 12.8. The maximum Gasteiger partial charge on any atom is 0.332 e. The van der Waals surface area contributed by atoms with Crippen molar-refractivity contribution in [3.8, 4) is 0 Å². The summed E-state index contributed by atoms with van der Waals surface area (Å²) in [6, 6.07) is 3.25. The third-order valence-electron chi connectivity index (χ3n) is 13.3. The second-order valence-electron chi connectivity index (χ2n) is 17.6. The molecule has 15 heteroatoms. The summed E-state index contributed by atoms with van der Waals surface area (Å²) < 4.78 is 62.5. The second-order valence-corrected chi connectivity index (χ2v) is 21.2. The summed E-state index contributed by atoms with van der Waals surface area (Å²) in [5.74, 6) is 0.119. The zero-order valence-electron chi connectivity index (χ0n) is 32.6. The van der Waals surface area contributed by atoms with Gasteiger partial charge < -0.3 is 25.2 Å². The number of hydrogen-bond acceptors (Lipinski definition) is 9. The number of nitrogens with zero attached hydrogens (tertiary/aromatic N) is 2. The Labute approximate surface area is 325 Å². The molecule has 2 saturated heterocycles. The molecule has 4 unspecified atom stereocenters. The lowest BCUT2D eigenvalue weighted by molar-refractivity contribution is 0.00987. The number of carbonyl (C=O) groups excluding carboxylic acids is 2. The molecule has 4 N–H and O–H groups in total. The van der Waals surface area contributed by atoms with Gasteiger partial charge in [-0.3, -0.25) is 0 Å². The minimum absolute atomic E-state index is 0.0278. The SMILES string of the molecule is CC(CCS(=O)(=O)NC(=O)Nc1c2c(cc3c1CC(C1CCc4c1cc1c(c4NC(=O)NS(=O)(=O)CC4CC5(CO4)CN(C)C5)CCC1)C3)CCC2)N(C)C. The van der Waals surface area contributed by atoms with Gasteiger partial charge in [0, 0.05) is 35.9 Å². The molecule has 2 fully saturated rings. The van der Waals surface area contributed by atoms with Crippen molar-refractivity contribution in [2.24, 2.45) is 11.3 Å². The van der Waals surface area contributed by atoms with Crippen LogP contribution in [0.5, 0.6) is 0 Å². The number of anilines is 2. The van der Waals surface area contributed by atoms with Crippen LogP contribution >= 0.6 is 0 Å². The highest BCUT2D eigenvalue weighted by atomic mass is 32.2. The van der Waals surface area contributed by atoms with Crippen LogP contribution in [0, 0.1) is 11.3 Å². The van der Waals surface area contributed by atoms with Gasteiger partial charge in [-0.2, -0.15) is 0 Å². The van der Waals surface area contributed by atoms with E-state index in [9.17, 15) is 26.4 Å². The van der Waals surface area contributed by atoms with Crippen LogP contribution in [0.4, 0.5) is 21.0 Å². The van der Waals surface area contributed by atoms with E-state index in [4.69, 9.17) is 4.74 Å². The van der Waals surface area contributed by atoms with Crippen molar-refractivity contribution in [3.63, 3.8) is 0 Å². The minimum Gasteiger partial charge on any atom is -0.376 e. The molecule has 55 heavy (non-hydrogen) atoms. The summed E-state index contributed by atoms with van der Waals surface area (Å²) in [4.78, 5) is 30.8. The normalized spacial score (nSPS) is 24.3. The van der Waals surface area contributed by atoms with E-state index < -0.39 is 38.2 Å². The summed E-state index contributed by atoms with van der Waals surface area (Å²) in [5.41, 5.74) is 10.9. The zero-order chi connectivity index (χ0) is 38.9. The first kappa shape index (κ1) is 38.6. The molecule has 2 aromatic carbocycles. The predicted octanol–water partition coefficient (Wildman–Crippen LogP) is 4.07. The molecule has 2 aromatic rings. The van der Waals surface area contributed by atoms with Gasteiger partial charge in [-0.25, -0.2) is 35.9 Å². The molecule has 2 heterocycles. The van der Waals surface area contributed by atoms with E-state index in [2.05, 4.69) is 37.1 Å². The first-order valence-electron chi connectivity index (χ1n) is 20.0. The third kappa shape index (κ3) is 7.88. The summed E-state index contributed by atoms with van der Waals surface area (Å²) in [7, 11) is -1.89. The Morgan fingerprint density at radius 2 is 1.49 bits per heavy atom. The lowest BCUT2D eigenvalue weighted by Gasteiger charge is -2.45. The molecule has 4 aliphatic carbocycles. The van der Waals surface area contributed by atoms with Gasteiger partial charge in [-0.15, -0.1) is 0 Å². The molecule has 0 bridgehead atoms. The number of ether oxygens (including phenoxy) is 1. The van der Waals surface area contributed by atoms with E-state index in [1.165, 1.54) is 22.3 Å². The molecule has 4 atom stereocenters. The standard InChI is InChI=1S/C40H56N6O7S2/c1-24(45(2)3)13-14-54(49,50)43-38(47)42-37-31-9-5-7-25(31)15-27-16-28(18-34(27)37)30-11-12-33-35(30)17-26-8-6-10-32(26)36(33)41-39(48)44-55(51,52)20-29-19-40(23-53-29)21-46(4)22-40/h15,17,24,28-30H,5-14,16,18-23H2,1-4H3,(H2,41,44,48)(H2,42,43,47). The van der Waals surface area contributed by atoms with Crippen LogP contribution in [0.2, 0.25) is 0 Å². The molecule has 0 aromatic heterocycles. The van der Waals surface area contributed by atoms with Gasteiger partial charge >= 0.3 is 12.1 Å². The van der Waals surface area contributed by atoms with E-state index >= 15 is 0 Å². The highest BCUT2D eigenvalue weighted by molar-refractivity contribution is 7.90. The van der Waals surface area contributed by atoms with Crippen molar-refractivity contribution in [2.75, 3.05) is 63.0 Å². The van der Waals surface area contributed by atoms with Crippen LogP contribution in [-0.2, 0) is 69.7 Å². The van der Waals surface area contributed by atoms with E-state index in [1.807, 2.05) is 33.0 Å². The van der Waals surface area contributed by atoms with E-state index in [0.29, 0.717) is 19.4 Å². The lowest BCUT2D eigenvalue weighted by atomic mass is 9.78. The van der Waals surface area contributed by atoms with Gasteiger partial charge in [0.15, 0.2) is 0 Å². The first-order chi connectivity index (χ1) is 26.1. The van der Waals surface area contributed by atoms with Gasteiger partial charge in [-0.05, 0) is 161 Å². The molecule has 1 spiro atoms. The number of carbonyl (C=O) groups is 2. The van der Waals surface area contributed by atoms with Gasteiger partial charge in [-0.1, -0.05) is 12.1 Å². The van der Waals surface area contributed by atoms with Gasteiger partial charge in [0.1, 0.15) is 0 Å². The highest BCUT2D eigenvalue weighted by Gasteiger charge is 2.48. The molecule has 2 aliphatic heterocycles. The Morgan fingerprint density at radius 1 is 0.855 bits per heavy atom. The quantitative estimate of drug-likeness (QED) is 0.262. The van der Waals surface area contributed by atoms with Gasteiger partial charge in [0.05, 0.1) is 24.2 Å². The number of amides is 4. The molecule has 13 nitrogen and oxygen atoms in total. The summed E-state index contributed by atoms with van der Waals surface area (Å²) in [6.07, 6.45) is 9.47. The Kier molecular flexibility index (Phi) is 10.3. The number of sulfonamides is 2. The highest BCUT2D eigenvalue weighted by Crippen LogP contribution is 2.51. The Morgan fingerprint density at radius 3 is 2.15 bits per heavy atom. The van der Waals surface area contributed by atoms with Crippen LogP contribution in [0.25, 0.3) is 0 Å². The van der Waals surface area contributed by atoms with Gasteiger partial charge in [0.25, 0.3) is 0 Å². The Hall–Kier alpha value is -3.24. The lowest BCUT2D eigenvalue weighted by Crippen LogP contribution is -2.54. The maximum absolute atomic E-state index is 13.4. The third-order valence-corrected chi connectivity index (χ3v) is 15.9. The van der Waals surface area contributed by atoms with Crippen molar-refractivity contribution in [3.05, 3.63) is 56.6 Å². The Bertz CT molecular complexity index is 2120. The first-order valence-corrected chi connectivity index (χ1v) is 23.3. The summed E-state index contributed by atoms with van der Waals surface area (Å²) in [5, 5.41) is 6.02. The second kappa shape index (κ2) is 14.6. The molecule has 0 radical (unpaired) electrons. The summed E-state index contributed by atoms with van der Waals surface area (Å²) in [6.45, 7) is 4.30. The molecule has 4 amide bonds. The van der Waals surface area contributed by atoms with Crippen molar-refractivity contribution in [1.82, 2.24) is 19.2 Å². The van der Waals surface area contributed by atoms with Gasteiger partial charge in [0.2, 0.25) is 20.0 Å². The number of nitrogens with one attached hydrogen (secondary N) is 4. The van der Waals surface area contributed by atoms with Crippen LogP contribution < -0.4 is 20.1 Å². The van der Waals surface area contributed by atoms with Crippen LogP contribution in [0.3, 0.4) is 0 Å². The number of hydrogen-bond donors (Lipinski definition) is 4. The van der Waals surface area contributed by atoms with E-state index in [-0.39, 0.29) is 34.8 Å². The van der Waals surface area contributed by atoms with Crippen molar-refractivity contribution < 1.29 is 31.2 Å². The Balaban J connectivity index is 0.971. The fourth-order valence-electron chi connectivity index (χ4n) is 10.6. The van der Waals surface area contributed by atoms with Crippen molar-refractivity contribution in [2.45, 2.75) is 102 Å². The smallest absolute Gasteiger partial charge is 0.332 e. The molecule has 300 valence electrons. The molecule has 6 aliphatic rings. The number of rotatable bonds is 11. The number of fused-ring (bicyclic) bond motifs is 4. The topological polar surface area (TPSA) is 166 Å². The maximum atomic E-state index is 13.4. The van der Waals surface area contributed by atoms with Crippen molar-refractivity contribution >= 4 is 43.5 Å². The number of aryl methyl sites for hydroxylation is 2. The number of urea groups is 2. The van der Waals surface area contributed by atoms with E-state index in [1.54, 1.807) is 0 Å². The fraction of sp³-hybridized carbons (Fsp3) is 0.650. The van der Waals surface area contributed by atoms with Crippen LogP contribution in [-0.4, -0.2) is 103 Å². The molecular formula is C40H56N6O7S2. The summed E-state index contributed by atoms with van der Waals surface area (Å²) >= 11 is 0.